The summed E-state index contributed by atoms with van der Waals surface area (Å²) >= 11 is 0. The number of ether oxygens (including phenoxy) is 2. The van der Waals surface area contributed by atoms with Gasteiger partial charge in [-0.25, -0.2) is 0 Å². The number of carbonyl (C=O) groups is 2. The van der Waals surface area contributed by atoms with E-state index in [9.17, 15) is 9.59 Å². The Morgan fingerprint density at radius 2 is 1.90 bits per heavy atom. The molecule has 1 N–H and O–H groups in total. The van der Waals surface area contributed by atoms with Gasteiger partial charge in [-0.3, -0.25) is 9.59 Å². The molecule has 1 saturated heterocycles. The molecule has 0 atom stereocenters. The molecule has 0 radical (unpaired) electrons. The lowest BCUT2D eigenvalue weighted by Crippen LogP contribution is -2.43. The largest absolute Gasteiger partial charge is 0.483 e. The molecule has 1 aliphatic heterocycles. The molecule has 2 aromatic carbocycles. The normalized spacial score (nSPS) is 13.8. The Morgan fingerprint density at radius 1 is 1.13 bits per heavy atom. The minimum Gasteiger partial charge on any atom is -0.483 e. The molecule has 1 fully saturated rings. The first-order chi connectivity index (χ1) is 15.0. The summed E-state index contributed by atoms with van der Waals surface area (Å²) in [5.41, 5.74) is 3.50. The van der Waals surface area contributed by atoms with E-state index in [0.29, 0.717) is 37.6 Å². The van der Waals surface area contributed by atoms with Crippen LogP contribution in [0.2, 0.25) is 0 Å². The first-order valence-corrected chi connectivity index (χ1v) is 10.1. The summed E-state index contributed by atoms with van der Waals surface area (Å²) in [6.07, 6.45) is 1.46. The van der Waals surface area contributed by atoms with Crippen LogP contribution in [0.25, 0.3) is 0 Å². The third-order valence-electron chi connectivity index (χ3n) is 4.75. The van der Waals surface area contributed by atoms with Crippen molar-refractivity contribution in [2.75, 3.05) is 44.8 Å². The van der Waals surface area contributed by atoms with Gasteiger partial charge in [-0.2, -0.15) is 0 Å². The molecule has 0 spiro atoms. The van der Waals surface area contributed by atoms with Gasteiger partial charge in [0.15, 0.2) is 13.2 Å². The standard InChI is InChI=1S/C23H27N3O5/c1-17-7-8-20(18(2)13-17)25-22(27)15-31-24-14-19-5-3-4-6-21(19)30-16-23(28)26-9-11-29-12-10-26/h3-8,13-14H,9-12,15-16H2,1-2H3,(H,25,27). The SMILES string of the molecule is Cc1ccc(NC(=O)CON=Cc2ccccc2OCC(=O)N2CCOCC2)c(C)c1. The smallest absolute Gasteiger partial charge is 0.265 e. The maximum absolute atomic E-state index is 12.3. The van der Waals surface area contributed by atoms with Gasteiger partial charge in [0.05, 0.1) is 19.4 Å². The molecule has 2 aromatic rings. The number of para-hydroxylation sites is 1. The fourth-order valence-corrected chi connectivity index (χ4v) is 3.09. The van der Waals surface area contributed by atoms with Crippen LogP contribution in [0.5, 0.6) is 5.75 Å². The summed E-state index contributed by atoms with van der Waals surface area (Å²) in [4.78, 5) is 31.2. The predicted molar refractivity (Wildman–Crippen MR) is 117 cm³/mol. The van der Waals surface area contributed by atoms with Crippen molar-refractivity contribution in [2.24, 2.45) is 5.16 Å². The number of hydrogen-bond acceptors (Lipinski definition) is 6. The Bertz CT molecular complexity index is 939. The average molecular weight is 425 g/mol. The van der Waals surface area contributed by atoms with Gasteiger partial charge in [0.25, 0.3) is 11.8 Å². The van der Waals surface area contributed by atoms with Crippen molar-refractivity contribution in [2.45, 2.75) is 13.8 Å². The molecular weight excluding hydrogens is 398 g/mol. The highest BCUT2D eigenvalue weighted by molar-refractivity contribution is 5.92. The second-order valence-corrected chi connectivity index (χ2v) is 7.19. The number of aryl methyl sites for hydroxylation is 2. The highest BCUT2D eigenvalue weighted by Crippen LogP contribution is 2.17. The molecule has 1 heterocycles. The predicted octanol–water partition coefficient (Wildman–Crippen LogP) is 2.53. The first-order valence-electron chi connectivity index (χ1n) is 10.1. The van der Waals surface area contributed by atoms with Crippen LogP contribution in [0.4, 0.5) is 5.69 Å². The van der Waals surface area contributed by atoms with Crippen LogP contribution in [0, 0.1) is 13.8 Å². The number of anilines is 1. The van der Waals surface area contributed by atoms with E-state index in [1.54, 1.807) is 17.0 Å². The molecule has 0 saturated carbocycles. The molecule has 0 bridgehead atoms. The molecule has 1 aliphatic rings. The fourth-order valence-electron chi connectivity index (χ4n) is 3.09. The number of carbonyl (C=O) groups excluding carboxylic acids is 2. The number of benzene rings is 2. The maximum atomic E-state index is 12.3. The lowest BCUT2D eigenvalue weighted by atomic mass is 10.1. The Balaban J connectivity index is 1.48. The second-order valence-electron chi connectivity index (χ2n) is 7.19. The third kappa shape index (κ3) is 6.82. The molecule has 3 rings (SSSR count). The van der Waals surface area contributed by atoms with Gasteiger partial charge >= 0.3 is 0 Å². The quantitative estimate of drug-likeness (QED) is 0.519. The maximum Gasteiger partial charge on any atom is 0.265 e. The number of morpholine rings is 1. The van der Waals surface area contributed by atoms with E-state index in [0.717, 1.165) is 16.8 Å². The zero-order valence-corrected chi connectivity index (χ0v) is 17.8. The summed E-state index contributed by atoms with van der Waals surface area (Å²) in [6, 6.07) is 13.0. The van der Waals surface area contributed by atoms with Crippen molar-refractivity contribution in [3.63, 3.8) is 0 Å². The van der Waals surface area contributed by atoms with Gasteiger partial charge in [-0.1, -0.05) is 35.0 Å². The summed E-state index contributed by atoms with van der Waals surface area (Å²) in [5.74, 6) is 0.121. The van der Waals surface area contributed by atoms with Gasteiger partial charge in [0, 0.05) is 24.3 Å². The van der Waals surface area contributed by atoms with Gasteiger partial charge in [0.2, 0.25) is 0 Å². The molecule has 8 heteroatoms. The van der Waals surface area contributed by atoms with Crippen LogP contribution >= 0.6 is 0 Å². The Hall–Kier alpha value is -3.39. The number of amides is 2. The van der Waals surface area contributed by atoms with Crippen molar-refractivity contribution in [1.82, 2.24) is 4.90 Å². The number of hydrogen-bond donors (Lipinski definition) is 1. The monoisotopic (exact) mass is 425 g/mol. The topological polar surface area (TPSA) is 89.5 Å². The van der Waals surface area contributed by atoms with Crippen LogP contribution < -0.4 is 10.1 Å². The Labute approximate surface area is 181 Å². The molecule has 8 nitrogen and oxygen atoms in total. The molecule has 0 aromatic heterocycles. The van der Waals surface area contributed by atoms with Crippen molar-refractivity contribution >= 4 is 23.7 Å². The van der Waals surface area contributed by atoms with Gasteiger partial charge in [0.1, 0.15) is 5.75 Å². The first kappa shape index (κ1) is 22.3. The van der Waals surface area contributed by atoms with E-state index in [1.807, 2.05) is 44.2 Å². The molecule has 164 valence electrons. The van der Waals surface area contributed by atoms with Crippen LogP contribution in [0.3, 0.4) is 0 Å². The summed E-state index contributed by atoms with van der Waals surface area (Å²) < 4.78 is 10.9. The average Bonchev–Trinajstić information content (AvgIpc) is 2.78. The molecule has 31 heavy (non-hydrogen) atoms. The molecule has 2 amide bonds. The number of oxime groups is 1. The third-order valence-corrected chi connectivity index (χ3v) is 4.75. The molecular formula is C23H27N3O5. The number of nitrogens with zero attached hydrogens (tertiary/aromatic N) is 2. The molecule has 0 aliphatic carbocycles. The van der Waals surface area contributed by atoms with Crippen molar-refractivity contribution in [1.29, 1.82) is 0 Å². The highest BCUT2D eigenvalue weighted by atomic mass is 16.6. The van der Waals surface area contributed by atoms with Crippen molar-refractivity contribution < 1.29 is 23.9 Å². The van der Waals surface area contributed by atoms with Gasteiger partial charge in [-0.05, 0) is 37.6 Å². The van der Waals surface area contributed by atoms with Crippen LogP contribution in [-0.2, 0) is 19.2 Å². The zero-order valence-electron chi connectivity index (χ0n) is 17.8. The van der Waals surface area contributed by atoms with Gasteiger partial charge in [-0.15, -0.1) is 0 Å². The lowest BCUT2D eigenvalue weighted by molar-refractivity contribution is -0.137. The van der Waals surface area contributed by atoms with Crippen LogP contribution in [0.15, 0.2) is 47.6 Å². The fraction of sp³-hybridized carbons (Fsp3) is 0.348. The van der Waals surface area contributed by atoms with Crippen molar-refractivity contribution in [3.05, 3.63) is 59.2 Å². The number of nitrogens with one attached hydrogen (secondary N) is 1. The van der Waals surface area contributed by atoms with E-state index < -0.39 is 0 Å². The lowest BCUT2D eigenvalue weighted by Gasteiger charge is -2.26. The summed E-state index contributed by atoms with van der Waals surface area (Å²) in [5, 5.41) is 6.66. The number of rotatable bonds is 8. The van der Waals surface area contributed by atoms with E-state index in [1.165, 1.54) is 6.21 Å². The minimum atomic E-state index is -0.301. The van der Waals surface area contributed by atoms with E-state index in [2.05, 4.69) is 10.5 Å². The second kappa shape index (κ2) is 11.1. The minimum absolute atomic E-state index is 0.0655. The zero-order chi connectivity index (χ0) is 22.1. The van der Waals surface area contributed by atoms with E-state index >= 15 is 0 Å². The van der Waals surface area contributed by atoms with E-state index in [4.69, 9.17) is 14.3 Å². The van der Waals surface area contributed by atoms with E-state index in [-0.39, 0.29) is 25.0 Å². The Morgan fingerprint density at radius 3 is 2.68 bits per heavy atom. The van der Waals surface area contributed by atoms with Crippen molar-refractivity contribution in [3.8, 4) is 5.75 Å². The van der Waals surface area contributed by atoms with Gasteiger partial charge < -0.3 is 24.5 Å². The van der Waals surface area contributed by atoms with Crippen LogP contribution in [-0.4, -0.2) is 62.4 Å². The summed E-state index contributed by atoms with van der Waals surface area (Å²) in [7, 11) is 0. The Kier molecular flexibility index (Phi) is 8.00. The highest BCUT2D eigenvalue weighted by Gasteiger charge is 2.17. The summed E-state index contributed by atoms with van der Waals surface area (Å²) in [6.45, 7) is 5.88. The molecule has 0 unspecified atom stereocenters. The van der Waals surface area contributed by atoms with Crippen LogP contribution in [0.1, 0.15) is 16.7 Å².